The highest BCUT2D eigenvalue weighted by Crippen LogP contribution is 2.36. The Morgan fingerprint density at radius 3 is 2.72 bits per heavy atom. The number of ether oxygens (including phenoxy) is 1. The molecular weight excluding hydrogens is 538 g/mol. The number of aromatic nitrogens is 2. The maximum Gasteiger partial charge on any atom is 0.318 e. The topological polar surface area (TPSA) is 88.8 Å². The Kier molecular flexibility index (Phi) is 8.22. The second kappa shape index (κ2) is 12.2. The first kappa shape index (κ1) is 28.9. The number of hydrogen-bond donors (Lipinski definition) is 0. The van der Waals surface area contributed by atoms with E-state index in [4.69, 9.17) is 14.7 Å². The van der Waals surface area contributed by atoms with Crippen LogP contribution in [0.3, 0.4) is 0 Å². The van der Waals surface area contributed by atoms with Gasteiger partial charge in [0.05, 0.1) is 30.8 Å². The van der Waals surface area contributed by atoms with Crippen LogP contribution in [0.5, 0.6) is 6.01 Å². The van der Waals surface area contributed by atoms with E-state index in [1.165, 1.54) is 40.9 Å². The SMILES string of the molecule is C=CC(=O)N1CCN(c2nc(OC[C@@H](C)N(C)C3CC3)nc3c2CCN(c2cccc4cccc(C)c24)C3)CC1CC#N. The predicted molar refractivity (Wildman–Crippen MR) is 169 cm³/mol. The van der Waals surface area contributed by atoms with Gasteiger partial charge in [-0.15, -0.1) is 0 Å². The van der Waals surface area contributed by atoms with Crippen molar-refractivity contribution in [1.29, 1.82) is 5.26 Å². The van der Waals surface area contributed by atoms with Crippen molar-refractivity contribution in [1.82, 2.24) is 19.8 Å². The molecule has 0 spiro atoms. The number of fused-ring (bicyclic) bond motifs is 2. The second-order valence-electron chi connectivity index (χ2n) is 12.1. The van der Waals surface area contributed by atoms with Gasteiger partial charge in [-0.05, 0) is 63.2 Å². The van der Waals surface area contributed by atoms with Crippen LogP contribution in [0.2, 0.25) is 0 Å². The standard InChI is InChI=1S/C34H41N7O2/c1-5-31(42)41-19-18-40(20-27(41)14-16-35)33-28-15-17-39(30-11-7-10-25-9-6-8-23(2)32(25)30)21-29(28)36-34(37-33)43-22-24(3)38(4)26-12-13-26/h5-11,24,26-27H,1,12-15,17-22H2,2-4H3/t24-,27?/m1/s1. The van der Waals surface area contributed by atoms with Crippen LogP contribution in [0, 0.1) is 18.3 Å². The molecule has 2 aromatic carbocycles. The highest BCUT2D eigenvalue weighted by atomic mass is 16.5. The lowest BCUT2D eigenvalue weighted by molar-refractivity contribution is -0.128. The number of carbonyl (C=O) groups excluding carboxylic acids is 1. The zero-order valence-electron chi connectivity index (χ0n) is 25.5. The third kappa shape index (κ3) is 5.89. The number of amides is 1. The molecule has 1 saturated carbocycles. The molecule has 3 aromatic rings. The molecule has 1 aromatic heterocycles. The quantitative estimate of drug-likeness (QED) is 0.343. The first-order valence-electron chi connectivity index (χ1n) is 15.4. The number of nitriles is 1. The van der Waals surface area contributed by atoms with Gasteiger partial charge in [-0.25, -0.2) is 0 Å². The van der Waals surface area contributed by atoms with Crippen molar-refractivity contribution in [2.75, 3.05) is 49.6 Å². The fraction of sp³-hybridized carbons (Fsp3) is 0.471. The molecular formula is C34H41N7O2. The number of aryl methyl sites for hydroxylation is 1. The van der Waals surface area contributed by atoms with E-state index in [1.54, 1.807) is 4.90 Å². The summed E-state index contributed by atoms with van der Waals surface area (Å²) in [5.41, 5.74) is 4.58. The molecule has 2 aliphatic heterocycles. The van der Waals surface area contributed by atoms with Crippen molar-refractivity contribution >= 4 is 28.2 Å². The molecule has 9 nitrogen and oxygen atoms in total. The Morgan fingerprint density at radius 1 is 1.19 bits per heavy atom. The molecule has 1 saturated heterocycles. The van der Waals surface area contributed by atoms with Crippen LogP contribution in [0.1, 0.15) is 43.0 Å². The van der Waals surface area contributed by atoms with Crippen LogP contribution < -0.4 is 14.5 Å². The van der Waals surface area contributed by atoms with Crippen molar-refractivity contribution in [2.24, 2.45) is 0 Å². The largest absolute Gasteiger partial charge is 0.462 e. The summed E-state index contributed by atoms with van der Waals surface area (Å²) in [6.45, 7) is 11.7. The highest BCUT2D eigenvalue weighted by molar-refractivity contribution is 5.97. The summed E-state index contributed by atoms with van der Waals surface area (Å²) in [6, 6.07) is 16.3. The smallest absolute Gasteiger partial charge is 0.318 e. The third-order valence-corrected chi connectivity index (χ3v) is 9.29. The van der Waals surface area contributed by atoms with Crippen molar-refractivity contribution < 1.29 is 9.53 Å². The summed E-state index contributed by atoms with van der Waals surface area (Å²) in [6.07, 6.45) is 4.87. The van der Waals surface area contributed by atoms with E-state index < -0.39 is 0 Å². The van der Waals surface area contributed by atoms with Gasteiger partial charge >= 0.3 is 6.01 Å². The molecule has 2 fully saturated rings. The van der Waals surface area contributed by atoms with Gasteiger partial charge in [-0.3, -0.25) is 9.69 Å². The van der Waals surface area contributed by atoms with Gasteiger partial charge in [0.1, 0.15) is 12.4 Å². The maximum absolute atomic E-state index is 12.6. The van der Waals surface area contributed by atoms with E-state index in [0.29, 0.717) is 44.8 Å². The molecule has 3 heterocycles. The number of nitrogens with zero attached hydrogens (tertiary/aromatic N) is 7. The number of piperazine rings is 1. The molecule has 224 valence electrons. The van der Waals surface area contributed by atoms with Gasteiger partial charge in [0.2, 0.25) is 5.91 Å². The molecule has 3 aliphatic rings. The van der Waals surface area contributed by atoms with E-state index in [0.717, 1.165) is 30.0 Å². The van der Waals surface area contributed by atoms with Gasteiger partial charge in [0.25, 0.3) is 0 Å². The Hall–Kier alpha value is -4.16. The average molecular weight is 580 g/mol. The normalized spacial score (nSPS) is 19.2. The molecule has 43 heavy (non-hydrogen) atoms. The van der Waals surface area contributed by atoms with Crippen LogP contribution in [0.15, 0.2) is 49.1 Å². The Morgan fingerprint density at radius 2 is 1.98 bits per heavy atom. The summed E-state index contributed by atoms with van der Waals surface area (Å²) in [7, 11) is 2.16. The maximum atomic E-state index is 12.6. The first-order chi connectivity index (χ1) is 20.9. The van der Waals surface area contributed by atoms with E-state index in [2.05, 4.69) is 84.6 Å². The lowest BCUT2D eigenvalue weighted by Gasteiger charge is -2.42. The van der Waals surface area contributed by atoms with Crippen molar-refractivity contribution in [2.45, 2.75) is 64.2 Å². The zero-order valence-corrected chi connectivity index (χ0v) is 25.5. The van der Waals surface area contributed by atoms with E-state index in [-0.39, 0.29) is 24.4 Å². The molecule has 1 amide bonds. The van der Waals surface area contributed by atoms with Gasteiger partial charge in [0, 0.05) is 54.9 Å². The summed E-state index contributed by atoms with van der Waals surface area (Å²) in [5, 5.41) is 12.1. The molecule has 0 N–H and O–H groups in total. The van der Waals surface area contributed by atoms with E-state index >= 15 is 0 Å². The molecule has 9 heteroatoms. The molecule has 1 aliphatic carbocycles. The minimum Gasteiger partial charge on any atom is -0.462 e. The first-order valence-corrected chi connectivity index (χ1v) is 15.4. The number of carbonyl (C=O) groups is 1. The van der Waals surface area contributed by atoms with E-state index in [1.807, 2.05) is 0 Å². The van der Waals surface area contributed by atoms with Gasteiger partial charge in [-0.1, -0.05) is 36.9 Å². The predicted octanol–water partition coefficient (Wildman–Crippen LogP) is 4.48. The van der Waals surface area contributed by atoms with Crippen molar-refractivity contribution in [3.05, 3.63) is 65.9 Å². The third-order valence-electron chi connectivity index (χ3n) is 9.29. The zero-order chi connectivity index (χ0) is 30.1. The molecule has 6 rings (SSSR count). The fourth-order valence-corrected chi connectivity index (χ4v) is 6.58. The fourth-order valence-electron chi connectivity index (χ4n) is 6.58. The second-order valence-corrected chi connectivity index (χ2v) is 12.1. The molecule has 1 unspecified atom stereocenters. The van der Waals surface area contributed by atoms with Gasteiger partial charge < -0.3 is 19.4 Å². The number of rotatable bonds is 9. The van der Waals surface area contributed by atoms with Crippen molar-refractivity contribution in [3.63, 3.8) is 0 Å². The van der Waals surface area contributed by atoms with Crippen LogP contribution in [0.4, 0.5) is 11.5 Å². The minimum atomic E-state index is -0.231. The monoisotopic (exact) mass is 579 g/mol. The summed E-state index contributed by atoms with van der Waals surface area (Å²) in [5.74, 6) is 0.731. The molecule has 0 bridgehead atoms. The minimum absolute atomic E-state index is 0.136. The van der Waals surface area contributed by atoms with Gasteiger partial charge in [-0.2, -0.15) is 15.2 Å². The molecule has 2 atom stereocenters. The van der Waals surface area contributed by atoms with Crippen molar-refractivity contribution in [3.8, 4) is 12.1 Å². The van der Waals surface area contributed by atoms with Crippen LogP contribution in [0.25, 0.3) is 10.8 Å². The summed E-state index contributed by atoms with van der Waals surface area (Å²) in [4.78, 5) is 31.3. The number of likely N-dealkylation sites (N-methyl/N-ethyl adjacent to an activating group) is 1. The highest BCUT2D eigenvalue weighted by Gasteiger charge is 2.34. The Labute approximate surface area is 254 Å². The van der Waals surface area contributed by atoms with Crippen LogP contribution >= 0.6 is 0 Å². The molecule has 0 radical (unpaired) electrons. The summed E-state index contributed by atoms with van der Waals surface area (Å²) < 4.78 is 6.31. The van der Waals surface area contributed by atoms with Crippen LogP contribution in [-0.2, 0) is 17.8 Å². The number of hydrogen-bond acceptors (Lipinski definition) is 8. The summed E-state index contributed by atoms with van der Waals surface area (Å²) >= 11 is 0. The van der Waals surface area contributed by atoms with E-state index in [9.17, 15) is 10.1 Å². The lowest BCUT2D eigenvalue weighted by Crippen LogP contribution is -2.55. The lowest BCUT2D eigenvalue weighted by atomic mass is 9.99. The van der Waals surface area contributed by atoms with Gasteiger partial charge in [0.15, 0.2) is 0 Å². The van der Waals surface area contributed by atoms with Crippen LogP contribution in [-0.4, -0.2) is 83.6 Å². The Bertz CT molecular complexity index is 1560. The number of benzene rings is 2. The average Bonchev–Trinajstić information content (AvgIpc) is 3.88. The Balaban J connectivity index is 1.33. The number of anilines is 2.